The lowest BCUT2D eigenvalue weighted by Crippen LogP contribution is -2.18. The highest BCUT2D eigenvalue weighted by atomic mass is 32.2. The zero-order valence-corrected chi connectivity index (χ0v) is 14.7. The molecule has 1 fully saturated rings. The van der Waals surface area contributed by atoms with E-state index in [0.29, 0.717) is 17.3 Å². The van der Waals surface area contributed by atoms with Crippen molar-refractivity contribution in [1.82, 2.24) is 15.5 Å². The van der Waals surface area contributed by atoms with Gasteiger partial charge in [-0.2, -0.15) is 0 Å². The fourth-order valence-corrected chi connectivity index (χ4v) is 3.53. The van der Waals surface area contributed by atoms with Crippen molar-refractivity contribution in [2.24, 2.45) is 0 Å². The standard InChI is InChI=1S/C15H17N5O2S2/c1-16-13(22)9-2-4-10(5-3-9)17-12(21)8-23-15-20-19-14(24-15)18-11-6-7-11/h2-5,11H,6-8H2,1H3,(H,16,22)(H,17,21)(H,18,19). The van der Waals surface area contributed by atoms with Crippen molar-refractivity contribution < 1.29 is 9.59 Å². The van der Waals surface area contributed by atoms with Crippen molar-refractivity contribution in [3.63, 3.8) is 0 Å². The van der Waals surface area contributed by atoms with Gasteiger partial charge in [0.25, 0.3) is 5.91 Å². The molecular formula is C15H17N5O2S2. The second-order valence-corrected chi connectivity index (χ2v) is 7.49. The van der Waals surface area contributed by atoms with E-state index in [-0.39, 0.29) is 17.6 Å². The van der Waals surface area contributed by atoms with Gasteiger partial charge in [0, 0.05) is 24.3 Å². The number of aromatic nitrogens is 2. The number of amides is 2. The van der Waals surface area contributed by atoms with Crippen LogP contribution in [-0.4, -0.2) is 40.9 Å². The van der Waals surface area contributed by atoms with Gasteiger partial charge in [0.05, 0.1) is 5.75 Å². The van der Waals surface area contributed by atoms with E-state index in [1.54, 1.807) is 31.3 Å². The molecule has 0 radical (unpaired) electrons. The summed E-state index contributed by atoms with van der Waals surface area (Å²) in [6.07, 6.45) is 2.37. The van der Waals surface area contributed by atoms with Crippen LogP contribution in [0.25, 0.3) is 0 Å². The Bertz CT molecular complexity index is 728. The molecule has 0 spiro atoms. The van der Waals surface area contributed by atoms with E-state index >= 15 is 0 Å². The lowest BCUT2D eigenvalue weighted by Gasteiger charge is -2.05. The molecule has 3 N–H and O–H groups in total. The van der Waals surface area contributed by atoms with E-state index in [2.05, 4.69) is 26.1 Å². The lowest BCUT2D eigenvalue weighted by atomic mass is 10.2. The van der Waals surface area contributed by atoms with Crippen molar-refractivity contribution in [3.8, 4) is 0 Å². The Hall–Kier alpha value is -2.13. The third-order valence-corrected chi connectivity index (χ3v) is 5.28. The average Bonchev–Trinajstić information content (AvgIpc) is 3.29. The van der Waals surface area contributed by atoms with Gasteiger partial charge in [0.1, 0.15) is 0 Å². The molecule has 1 saturated carbocycles. The van der Waals surface area contributed by atoms with Gasteiger partial charge in [0.2, 0.25) is 11.0 Å². The zero-order chi connectivity index (χ0) is 16.9. The Morgan fingerprint density at radius 3 is 2.67 bits per heavy atom. The Kier molecular flexibility index (Phi) is 5.31. The first kappa shape index (κ1) is 16.7. The Balaban J connectivity index is 1.46. The van der Waals surface area contributed by atoms with Gasteiger partial charge in [-0.05, 0) is 37.1 Å². The van der Waals surface area contributed by atoms with Crippen LogP contribution in [0.3, 0.4) is 0 Å². The summed E-state index contributed by atoms with van der Waals surface area (Å²) < 4.78 is 0.767. The molecule has 2 aromatic rings. The Labute approximate surface area is 147 Å². The van der Waals surface area contributed by atoms with E-state index in [0.717, 1.165) is 9.47 Å². The predicted octanol–water partition coefficient (Wildman–Crippen LogP) is 2.20. The van der Waals surface area contributed by atoms with Crippen LogP contribution < -0.4 is 16.0 Å². The quantitative estimate of drug-likeness (QED) is 0.653. The summed E-state index contributed by atoms with van der Waals surface area (Å²) in [6, 6.07) is 7.28. The number of carbonyl (C=O) groups is 2. The molecule has 2 amide bonds. The lowest BCUT2D eigenvalue weighted by molar-refractivity contribution is -0.113. The van der Waals surface area contributed by atoms with Gasteiger partial charge in [0.15, 0.2) is 4.34 Å². The minimum absolute atomic E-state index is 0.125. The highest BCUT2D eigenvalue weighted by molar-refractivity contribution is 8.01. The van der Waals surface area contributed by atoms with E-state index in [1.807, 2.05) is 0 Å². The number of hydrogen-bond donors (Lipinski definition) is 3. The fraction of sp³-hybridized carbons (Fsp3) is 0.333. The van der Waals surface area contributed by atoms with E-state index < -0.39 is 0 Å². The van der Waals surface area contributed by atoms with Crippen LogP contribution in [0.1, 0.15) is 23.2 Å². The number of rotatable bonds is 7. The number of carbonyl (C=O) groups excluding carboxylic acids is 2. The first-order valence-corrected chi connectivity index (χ1v) is 9.29. The molecule has 0 unspecified atom stereocenters. The molecule has 0 saturated heterocycles. The number of nitrogens with zero attached hydrogens (tertiary/aromatic N) is 2. The second kappa shape index (κ2) is 7.63. The van der Waals surface area contributed by atoms with Crippen LogP contribution >= 0.6 is 23.1 Å². The van der Waals surface area contributed by atoms with E-state index in [9.17, 15) is 9.59 Å². The number of hydrogen-bond acceptors (Lipinski definition) is 7. The maximum atomic E-state index is 12.0. The van der Waals surface area contributed by atoms with Gasteiger partial charge in [-0.3, -0.25) is 9.59 Å². The molecule has 1 aromatic heterocycles. The molecule has 9 heteroatoms. The molecule has 126 valence electrons. The number of nitrogens with one attached hydrogen (secondary N) is 3. The summed E-state index contributed by atoms with van der Waals surface area (Å²) in [5.74, 6) is -0.0233. The zero-order valence-electron chi connectivity index (χ0n) is 13.0. The molecule has 7 nitrogen and oxygen atoms in total. The first-order valence-electron chi connectivity index (χ1n) is 7.49. The summed E-state index contributed by atoms with van der Waals surface area (Å²) in [7, 11) is 1.58. The maximum absolute atomic E-state index is 12.0. The number of thioether (sulfide) groups is 1. The third kappa shape index (κ3) is 4.68. The Morgan fingerprint density at radius 1 is 1.25 bits per heavy atom. The highest BCUT2D eigenvalue weighted by Gasteiger charge is 2.22. The van der Waals surface area contributed by atoms with Crippen molar-refractivity contribution in [2.45, 2.75) is 23.2 Å². The van der Waals surface area contributed by atoms with Crippen molar-refractivity contribution >= 4 is 45.7 Å². The second-order valence-electron chi connectivity index (χ2n) is 5.29. The molecule has 1 aliphatic carbocycles. The SMILES string of the molecule is CNC(=O)c1ccc(NC(=O)CSc2nnc(NC3CC3)s2)cc1. The predicted molar refractivity (Wildman–Crippen MR) is 95.7 cm³/mol. The topological polar surface area (TPSA) is 96.0 Å². The first-order chi connectivity index (χ1) is 11.6. The van der Waals surface area contributed by atoms with Crippen LogP contribution in [0.5, 0.6) is 0 Å². The summed E-state index contributed by atoms with van der Waals surface area (Å²) in [4.78, 5) is 23.4. The largest absolute Gasteiger partial charge is 0.357 e. The van der Waals surface area contributed by atoms with Crippen LogP contribution in [0.4, 0.5) is 10.8 Å². The summed E-state index contributed by atoms with van der Waals surface area (Å²) in [6.45, 7) is 0. The van der Waals surface area contributed by atoms with E-state index in [1.165, 1.54) is 35.9 Å². The molecule has 24 heavy (non-hydrogen) atoms. The van der Waals surface area contributed by atoms with Gasteiger partial charge in [-0.25, -0.2) is 0 Å². The molecule has 1 aromatic carbocycles. The Morgan fingerprint density at radius 2 is 2.00 bits per heavy atom. The minimum Gasteiger partial charge on any atom is -0.357 e. The normalized spacial score (nSPS) is 13.4. The molecule has 0 bridgehead atoms. The fourth-order valence-electron chi connectivity index (χ4n) is 1.90. The van der Waals surface area contributed by atoms with Crippen LogP contribution in [0.2, 0.25) is 0 Å². The molecule has 1 heterocycles. The number of benzene rings is 1. The average molecular weight is 363 g/mol. The van der Waals surface area contributed by atoms with Crippen LogP contribution in [-0.2, 0) is 4.79 Å². The van der Waals surface area contributed by atoms with Gasteiger partial charge in [-0.15, -0.1) is 10.2 Å². The number of anilines is 2. The maximum Gasteiger partial charge on any atom is 0.251 e. The molecule has 3 rings (SSSR count). The summed E-state index contributed by atoms with van der Waals surface area (Å²) in [5.41, 5.74) is 1.20. The van der Waals surface area contributed by atoms with Gasteiger partial charge >= 0.3 is 0 Å². The third-order valence-electron chi connectivity index (χ3n) is 3.30. The van der Waals surface area contributed by atoms with E-state index in [4.69, 9.17) is 0 Å². The van der Waals surface area contributed by atoms with Crippen molar-refractivity contribution in [3.05, 3.63) is 29.8 Å². The van der Waals surface area contributed by atoms with Gasteiger partial charge < -0.3 is 16.0 Å². The van der Waals surface area contributed by atoms with Crippen LogP contribution in [0.15, 0.2) is 28.6 Å². The minimum atomic E-state index is -0.157. The summed E-state index contributed by atoms with van der Waals surface area (Å²) in [5, 5.41) is 17.6. The van der Waals surface area contributed by atoms with Crippen molar-refractivity contribution in [2.75, 3.05) is 23.4 Å². The van der Waals surface area contributed by atoms with Crippen molar-refractivity contribution in [1.29, 1.82) is 0 Å². The smallest absolute Gasteiger partial charge is 0.251 e. The summed E-state index contributed by atoms with van der Waals surface area (Å²) >= 11 is 2.82. The molecule has 1 aliphatic rings. The molecular weight excluding hydrogens is 346 g/mol. The monoisotopic (exact) mass is 363 g/mol. The van der Waals surface area contributed by atoms with Gasteiger partial charge in [-0.1, -0.05) is 23.1 Å². The highest BCUT2D eigenvalue weighted by Crippen LogP contribution is 2.30. The van der Waals surface area contributed by atoms with Crippen LogP contribution in [0, 0.1) is 0 Å². The molecule has 0 atom stereocenters. The molecule has 0 aliphatic heterocycles.